The molecule has 0 spiro atoms. The van der Waals surface area contributed by atoms with Gasteiger partial charge in [-0.15, -0.1) is 0 Å². The van der Waals surface area contributed by atoms with Crippen LogP contribution in [0.2, 0.25) is 0 Å². The number of hydrogen-bond donors (Lipinski definition) is 1. The molecule has 2 heteroatoms. The first kappa shape index (κ1) is 3.72. The number of nitrogens with one attached hydrogen (secondary N) is 1. The third-order valence-electron chi connectivity index (χ3n) is 0.444. The van der Waals surface area contributed by atoms with Crippen molar-refractivity contribution in [3.05, 3.63) is 23.8 Å². The Morgan fingerprint density at radius 1 is 1.67 bits per heavy atom. The molecule has 1 rings (SSSR count). The van der Waals surface area contributed by atoms with E-state index < -0.39 is 0 Å². The van der Waals surface area contributed by atoms with Gasteiger partial charge in [0.05, 0.1) is 11.5 Å². The summed E-state index contributed by atoms with van der Waals surface area (Å²) in [5.74, 6) is 0. The van der Waals surface area contributed by atoms with E-state index in [1.165, 1.54) is 11.9 Å². The van der Waals surface area contributed by atoms with Crippen LogP contribution in [0.3, 0.4) is 0 Å². The molecule has 0 fully saturated rings. The normalized spacial score (nSPS) is 16.0. The molecule has 1 aliphatic rings. The zero-order valence-corrected chi connectivity index (χ0v) is 3.96. The second kappa shape index (κ2) is 1.85. The highest BCUT2D eigenvalue weighted by atomic mass is 32.2. The molecule has 0 saturated carbocycles. The van der Waals surface area contributed by atoms with Crippen LogP contribution in [0.4, 0.5) is 0 Å². The van der Waals surface area contributed by atoms with E-state index in [2.05, 4.69) is 10.9 Å². The Morgan fingerprint density at radius 2 is 2.67 bits per heavy atom. The van der Waals surface area contributed by atoms with Gasteiger partial charge >= 0.3 is 0 Å². The third kappa shape index (κ3) is 0.744. The summed E-state index contributed by atoms with van der Waals surface area (Å²) >= 11 is 1.52. The van der Waals surface area contributed by atoms with E-state index in [4.69, 9.17) is 0 Å². The fraction of sp³-hybridized carbons (Fsp3) is 0. The summed E-state index contributed by atoms with van der Waals surface area (Å²) in [7, 11) is 0. The highest BCUT2D eigenvalue weighted by Gasteiger charge is 1.87. The zero-order chi connectivity index (χ0) is 4.24. The molecule has 0 aromatic carbocycles. The molecule has 1 nitrogen and oxygen atoms in total. The van der Waals surface area contributed by atoms with Gasteiger partial charge in [0.2, 0.25) is 0 Å². The van der Waals surface area contributed by atoms with Gasteiger partial charge in [-0.2, -0.15) is 0 Å². The summed E-state index contributed by atoms with van der Waals surface area (Å²) in [6, 6.07) is 0. The van der Waals surface area contributed by atoms with Gasteiger partial charge in [-0.05, 0) is 0 Å². The minimum Gasteiger partial charge on any atom is -0.202 e. The SMILES string of the molecule is [C+]1=CC=CSN1. The van der Waals surface area contributed by atoms with Crippen LogP contribution in [0.5, 0.6) is 0 Å². The lowest BCUT2D eigenvalue weighted by molar-refractivity contribution is 1.35. The highest BCUT2D eigenvalue weighted by Crippen LogP contribution is 1.98. The molecule has 0 unspecified atom stereocenters. The van der Waals surface area contributed by atoms with E-state index >= 15 is 0 Å². The van der Waals surface area contributed by atoms with Crippen molar-refractivity contribution >= 4 is 11.9 Å². The van der Waals surface area contributed by atoms with Gasteiger partial charge in [0, 0.05) is 11.9 Å². The molecular weight excluding hydrogens is 94.1 g/mol. The van der Waals surface area contributed by atoms with Crippen LogP contribution >= 0.6 is 11.9 Å². The average molecular weight is 98.2 g/mol. The first-order valence-corrected chi connectivity index (χ1v) is 2.52. The van der Waals surface area contributed by atoms with Crippen LogP contribution in [0.25, 0.3) is 0 Å². The lowest BCUT2D eigenvalue weighted by atomic mass is 10.6. The fourth-order valence-corrected chi connectivity index (χ4v) is 0.590. The Kier molecular flexibility index (Phi) is 1.15. The maximum Gasteiger partial charge on any atom is 0.199 e. The molecule has 1 aliphatic heterocycles. The van der Waals surface area contributed by atoms with E-state index in [1.54, 1.807) is 0 Å². The predicted octanol–water partition coefficient (Wildman–Crippen LogP) is 1.07. The maximum absolute atomic E-state index is 2.81. The first-order chi connectivity index (χ1) is 3.00. The van der Waals surface area contributed by atoms with Gasteiger partial charge in [-0.25, -0.2) is 4.72 Å². The second-order valence-corrected chi connectivity index (χ2v) is 1.57. The molecule has 0 saturated heterocycles. The molecule has 0 amide bonds. The summed E-state index contributed by atoms with van der Waals surface area (Å²) in [5.41, 5.74) is 0. The van der Waals surface area contributed by atoms with Crippen molar-refractivity contribution in [3.63, 3.8) is 0 Å². The Balaban J connectivity index is 2.46. The van der Waals surface area contributed by atoms with Crippen molar-refractivity contribution in [2.24, 2.45) is 0 Å². The quantitative estimate of drug-likeness (QED) is 0.359. The van der Waals surface area contributed by atoms with Gasteiger partial charge in [-0.1, -0.05) is 0 Å². The van der Waals surface area contributed by atoms with Crippen LogP contribution < -0.4 is 4.72 Å². The Hall–Kier alpha value is -0.460. The average Bonchev–Trinajstić information content (AvgIpc) is 1.72. The van der Waals surface area contributed by atoms with Crippen molar-refractivity contribution in [1.29, 1.82) is 0 Å². The fourth-order valence-electron chi connectivity index (χ4n) is 0.229. The molecule has 6 heavy (non-hydrogen) atoms. The van der Waals surface area contributed by atoms with Crippen LogP contribution in [-0.4, -0.2) is 0 Å². The van der Waals surface area contributed by atoms with Crippen molar-refractivity contribution in [3.8, 4) is 0 Å². The van der Waals surface area contributed by atoms with E-state index in [0.717, 1.165) is 0 Å². The van der Waals surface area contributed by atoms with Gasteiger partial charge in [-0.3, -0.25) is 0 Å². The lowest BCUT2D eigenvalue weighted by Crippen LogP contribution is -1.89. The number of allylic oxidation sites excluding steroid dienone is 2. The topological polar surface area (TPSA) is 12.0 Å². The zero-order valence-electron chi connectivity index (χ0n) is 3.14. The minimum absolute atomic E-state index is 1.52. The van der Waals surface area contributed by atoms with Crippen LogP contribution in [-0.2, 0) is 0 Å². The second-order valence-electron chi connectivity index (χ2n) is 0.859. The van der Waals surface area contributed by atoms with E-state index in [0.29, 0.717) is 0 Å². The van der Waals surface area contributed by atoms with E-state index in [-0.39, 0.29) is 0 Å². The lowest BCUT2D eigenvalue weighted by Gasteiger charge is -1.80. The maximum atomic E-state index is 2.81. The molecule has 0 aliphatic carbocycles. The molecule has 1 heterocycles. The van der Waals surface area contributed by atoms with Crippen LogP contribution in [0.1, 0.15) is 0 Å². The summed E-state index contributed by atoms with van der Waals surface area (Å²) in [4.78, 5) is 0. The third-order valence-corrected chi connectivity index (χ3v) is 0.973. The highest BCUT2D eigenvalue weighted by molar-refractivity contribution is 8.00. The van der Waals surface area contributed by atoms with Crippen molar-refractivity contribution in [1.82, 2.24) is 4.72 Å². The number of hydrogen-bond acceptors (Lipinski definition) is 2. The first-order valence-electron chi connectivity index (χ1n) is 1.65. The predicted molar refractivity (Wildman–Crippen MR) is 27.7 cm³/mol. The molecule has 0 atom stereocenters. The van der Waals surface area contributed by atoms with Crippen molar-refractivity contribution in [2.45, 2.75) is 0 Å². The molecule has 0 radical (unpaired) electrons. The molecule has 30 valence electrons. The van der Waals surface area contributed by atoms with Crippen molar-refractivity contribution in [2.75, 3.05) is 0 Å². The molecule has 0 aromatic heterocycles. The van der Waals surface area contributed by atoms with Gasteiger partial charge in [0.25, 0.3) is 0 Å². The summed E-state index contributed by atoms with van der Waals surface area (Å²) in [6.45, 7) is 0. The molecular formula is C4H4NS+. The van der Waals surface area contributed by atoms with E-state index in [1.807, 2.05) is 17.6 Å². The van der Waals surface area contributed by atoms with Gasteiger partial charge < -0.3 is 0 Å². The Bertz CT molecular complexity index is 73.5. The van der Waals surface area contributed by atoms with E-state index in [9.17, 15) is 0 Å². The Morgan fingerprint density at radius 3 is 2.83 bits per heavy atom. The standard InChI is InChI=1S/C4H4NS/c1-2-4-6-5-3-1/h1-2,4-5H/q+1. The smallest absolute Gasteiger partial charge is 0.199 e. The number of rotatable bonds is 0. The molecule has 0 aromatic rings. The summed E-state index contributed by atoms with van der Waals surface area (Å²) in [6.07, 6.45) is 6.55. The Labute approximate surface area is 41.3 Å². The van der Waals surface area contributed by atoms with Gasteiger partial charge in [0.15, 0.2) is 12.3 Å². The van der Waals surface area contributed by atoms with Gasteiger partial charge in [0.1, 0.15) is 0 Å². The van der Waals surface area contributed by atoms with Crippen LogP contribution in [0, 0.1) is 6.20 Å². The summed E-state index contributed by atoms with van der Waals surface area (Å²) in [5, 5.41) is 1.95. The molecule has 1 N–H and O–H groups in total. The van der Waals surface area contributed by atoms with Crippen molar-refractivity contribution < 1.29 is 0 Å². The monoisotopic (exact) mass is 98.0 g/mol. The van der Waals surface area contributed by atoms with Crippen LogP contribution in [0.15, 0.2) is 17.6 Å². The minimum atomic E-state index is 1.52. The summed E-state index contributed by atoms with van der Waals surface area (Å²) < 4.78 is 2.81. The largest absolute Gasteiger partial charge is 0.202 e. The molecule has 0 bridgehead atoms.